The fraction of sp³-hybridized carbons (Fsp3) is 0.600. The fourth-order valence-corrected chi connectivity index (χ4v) is 4.12. The van der Waals surface area contributed by atoms with Crippen molar-refractivity contribution in [2.45, 2.75) is 6.04 Å². The molecule has 1 aromatic carbocycles. The van der Waals surface area contributed by atoms with Gasteiger partial charge in [-0.15, -0.1) is 0 Å². The van der Waals surface area contributed by atoms with E-state index < -0.39 is 0 Å². The molecule has 0 aromatic heterocycles. The van der Waals surface area contributed by atoms with E-state index in [0.717, 1.165) is 37.7 Å². The van der Waals surface area contributed by atoms with Crippen molar-refractivity contribution >= 4 is 29.1 Å². The van der Waals surface area contributed by atoms with Crippen LogP contribution < -0.4 is 10.2 Å². The van der Waals surface area contributed by atoms with Gasteiger partial charge in [0.05, 0.1) is 10.7 Å². The number of nitrogens with one attached hydrogen (secondary N) is 1. The highest BCUT2D eigenvalue weighted by Gasteiger charge is 2.22. The van der Waals surface area contributed by atoms with E-state index in [4.69, 9.17) is 11.6 Å². The van der Waals surface area contributed by atoms with Gasteiger partial charge in [-0.2, -0.15) is 11.8 Å². The molecule has 2 saturated heterocycles. The summed E-state index contributed by atoms with van der Waals surface area (Å²) in [5.74, 6) is 2.52. The topological polar surface area (TPSA) is 18.5 Å². The van der Waals surface area contributed by atoms with E-state index in [0.29, 0.717) is 6.04 Å². The van der Waals surface area contributed by atoms with Crippen molar-refractivity contribution in [1.29, 1.82) is 0 Å². The summed E-state index contributed by atoms with van der Waals surface area (Å²) in [6.45, 7) is 6.76. The summed E-state index contributed by atoms with van der Waals surface area (Å²) in [6.07, 6.45) is 0. The number of rotatable bonds is 3. The van der Waals surface area contributed by atoms with E-state index in [1.807, 2.05) is 12.1 Å². The number of hydrogen-bond acceptors (Lipinski definition) is 4. The van der Waals surface area contributed by atoms with Crippen LogP contribution in [0.25, 0.3) is 0 Å². The Bertz CT molecular complexity index is 429. The molecule has 0 spiro atoms. The van der Waals surface area contributed by atoms with Crippen molar-refractivity contribution in [2.24, 2.45) is 0 Å². The smallest absolute Gasteiger partial charge is 0.0639 e. The molecule has 0 saturated carbocycles. The summed E-state index contributed by atoms with van der Waals surface area (Å²) >= 11 is 8.36. The van der Waals surface area contributed by atoms with E-state index >= 15 is 0 Å². The largest absolute Gasteiger partial charge is 0.368 e. The molecule has 2 fully saturated rings. The molecule has 0 bridgehead atoms. The van der Waals surface area contributed by atoms with Gasteiger partial charge in [-0.25, -0.2) is 0 Å². The summed E-state index contributed by atoms with van der Waals surface area (Å²) < 4.78 is 0. The highest BCUT2D eigenvalue weighted by atomic mass is 35.5. The van der Waals surface area contributed by atoms with Gasteiger partial charge >= 0.3 is 0 Å². The lowest BCUT2D eigenvalue weighted by Crippen LogP contribution is -2.52. The molecule has 1 atom stereocenters. The van der Waals surface area contributed by atoms with Gasteiger partial charge in [0.2, 0.25) is 0 Å². The lowest BCUT2D eigenvalue weighted by molar-refractivity contribution is 0.235. The van der Waals surface area contributed by atoms with Gasteiger partial charge in [-0.05, 0) is 12.1 Å². The second-order valence-electron chi connectivity index (χ2n) is 5.47. The number of benzene rings is 1. The number of piperazine rings is 1. The SMILES string of the molecule is Clc1ccccc1N1CCN(CC2CSCCN2)CC1. The van der Waals surface area contributed by atoms with Gasteiger partial charge in [0.15, 0.2) is 0 Å². The molecule has 110 valence electrons. The quantitative estimate of drug-likeness (QED) is 0.922. The van der Waals surface area contributed by atoms with Crippen molar-refractivity contribution in [2.75, 3.05) is 55.7 Å². The maximum absolute atomic E-state index is 6.28. The molecule has 3 nitrogen and oxygen atoms in total. The summed E-state index contributed by atoms with van der Waals surface area (Å²) in [4.78, 5) is 4.98. The molecule has 0 amide bonds. The summed E-state index contributed by atoms with van der Waals surface area (Å²) in [7, 11) is 0. The standard InChI is InChI=1S/C15H22ClN3S/c16-14-3-1-2-4-15(14)19-8-6-18(7-9-19)11-13-12-20-10-5-17-13/h1-4,13,17H,5-12H2. The first kappa shape index (κ1) is 14.5. The number of para-hydroxylation sites is 1. The number of halogens is 1. The zero-order chi connectivity index (χ0) is 13.8. The molecular formula is C15H22ClN3S. The highest BCUT2D eigenvalue weighted by molar-refractivity contribution is 7.99. The maximum atomic E-state index is 6.28. The highest BCUT2D eigenvalue weighted by Crippen LogP contribution is 2.26. The van der Waals surface area contributed by atoms with Crippen molar-refractivity contribution in [3.63, 3.8) is 0 Å². The van der Waals surface area contributed by atoms with E-state index in [9.17, 15) is 0 Å². The molecule has 2 aliphatic rings. The van der Waals surface area contributed by atoms with E-state index in [-0.39, 0.29) is 0 Å². The Morgan fingerprint density at radius 2 is 2.00 bits per heavy atom. The Balaban J connectivity index is 1.50. The average molecular weight is 312 g/mol. The Labute approximate surface area is 130 Å². The van der Waals surface area contributed by atoms with Gasteiger partial charge < -0.3 is 10.2 Å². The molecule has 5 heteroatoms. The van der Waals surface area contributed by atoms with Crippen LogP contribution in [0.1, 0.15) is 0 Å². The van der Waals surface area contributed by atoms with E-state index in [1.165, 1.54) is 23.7 Å². The molecule has 1 aromatic rings. The molecule has 3 rings (SSSR count). The third-order valence-corrected chi connectivity index (χ3v) is 5.49. The lowest BCUT2D eigenvalue weighted by Gasteiger charge is -2.38. The predicted octanol–water partition coefficient (Wildman–Crippen LogP) is 2.17. The van der Waals surface area contributed by atoms with Gasteiger partial charge in [-0.1, -0.05) is 23.7 Å². The number of nitrogens with zero attached hydrogens (tertiary/aromatic N) is 2. The monoisotopic (exact) mass is 311 g/mol. The third-order valence-electron chi connectivity index (χ3n) is 4.04. The maximum Gasteiger partial charge on any atom is 0.0639 e. The second-order valence-corrected chi connectivity index (χ2v) is 7.02. The predicted molar refractivity (Wildman–Crippen MR) is 89.2 cm³/mol. The second kappa shape index (κ2) is 7.03. The average Bonchev–Trinajstić information content (AvgIpc) is 2.50. The Hall–Kier alpha value is -0.420. The van der Waals surface area contributed by atoms with Crippen LogP contribution in [0.3, 0.4) is 0 Å². The Kier molecular flexibility index (Phi) is 5.10. The summed E-state index contributed by atoms with van der Waals surface area (Å²) in [5, 5.41) is 4.49. The van der Waals surface area contributed by atoms with Gasteiger partial charge in [0.25, 0.3) is 0 Å². The first-order valence-electron chi connectivity index (χ1n) is 7.36. The van der Waals surface area contributed by atoms with Crippen LogP contribution in [0.15, 0.2) is 24.3 Å². The van der Waals surface area contributed by atoms with Crippen LogP contribution in [0.4, 0.5) is 5.69 Å². The molecule has 1 unspecified atom stereocenters. The molecule has 0 radical (unpaired) electrons. The zero-order valence-electron chi connectivity index (χ0n) is 11.7. The van der Waals surface area contributed by atoms with Crippen LogP contribution in [0.5, 0.6) is 0 Å². The van der Waals surface area contributed by atoms with E-state index in [1.54, 1.807) is 0 Å². The summed E-state index contributed by atoms with van der Waals surface area (Å²) in [6, 6.07) is 8.83. The van der Waals surface area contributed by atoms with Crippen LogP contribution in [0.2, 0.25) is 5.02 Å². The first-order valence-corrected chi connectivity index (χ1v) is 8.89. The molecule has 2 aliphatic heterocycles. The molecule has 2 heterocycles. The van der Waals surface area contributed by atoms with Crippen molar-refractivity contribution in [1.82, 2.24) is 10.2 Å². The third kappa shape index (κ3) is 3.61. The number of thioether (sulfide) groups is 1. The van der Waals surface area contributed by atoms with Crippen LogP contribution in [0, 0.1) is 0 Å². The van der Waals surface area contributed by atoms with Crippen LogP contribution >= 0.6 is 23.4 Å². The van der Waals surface area contributed by atoms with Crippen LogP contribution in [-0.4, -0.2) is 61.7 Å². The normalized spacial score (nSPS) is 24.9. The minimum atomic E-state index is 0.667. The number of anilines is 1. The minimum absolute atomic E-state index is 0.667. The first-order chi connectivity index (χ1) is 9.83. The van der Waals surface area contributed by atoms with Gasteiger partial charge in [-0.3, -0.25) is 4.90 Å². The van der Waals surface area contributed by atoms with Crippen molar-refractivity contribution in [3.05, 3.63) is 29.3 Å². The Morgan fingerprint density at radius 1 is 1.20 bits per heavy atom. The van der Waals surface area contributed by atoms with Crippen LogP contribution in [-0.2, 0) is 0 Å². The van der Waals surface area contributed by atoms with E-state index in [2.05, 4.69) is 39.0 Å². The van der Waals surface area contributed by atoms with Gasteiger partial charge in [0, 0.05) is 56.8 Å². The molecule has 1 N–H and O–H groups in total. The Morgan fingerprint density at radius 3 is 2.70 bits per heavy atom. The fourth-order valence-electron chi connectivity index (χ4n) is 2.93. The minimum Gasteiger partial charge on any atom is -0.368 e. The number of hydrogen-bond donors (Lipinski definition) is 1. The zero-order valence-corrected chi connectivity index (χ0v) is 13.3. The van der Waals surface area contributed by atoms with Crippen molar-refractivity contribution in [3.8, 4) is 0 Å². The van der Waals surface area contributed by atoms with Gasteiger partial charge in [0.1, 0.15) is 0 Å². The molecule has 0 aliphatic carbocycles. The molecule has 20 heavy (non-hydrogen) atoms. The lowest BCUT2D eigenvalue weighted by atomic mass is 10.2. The van der Waals surface area contributed by atoms with Crippen molar-refractivity contribution < 1.29 is 0 Å². The molecular weight excluding hydrogens is 290 g/mol. The summed E-state index contributed by atoms with van der Waals surface area (Å²) in [5.41, 5.74) is 1.18.